The third-order valence-electron chi connectivity index (χ3n) is 3.70. The first-order valence-electron chi connectivity index (χ1n) is 8.07. The Balaban J connectivity index is 1.82. The molecule has 4 heteroatoms. The lowest BCUT2D eigenvalue weighted by molar-refractivity contribution is -0.123. The van der Waals surface area contributed by atoms with Crippen LogP contribution in [0.5, 0.6) is 5.75 Å². The second-order valence-corrected chi connectivity index (χ2v) is 6.17. The molecule has 0 aliphatic heterocycles. The summed E-state index contributed by atoms with van der Waals surface area (Å²) in [6, 6.07) is 13.9. The summed E-state index contributed by atoms with van der Waals surface area (Å²) < 4.78 is 5.51. The summed E-state index contributed by atoms with van der Waals surface area (Å²) >= 11 is 0. The molecule has 2 aromatic rings. The van der Waals surface area contributed by atoms with Crippen molar-refractivity contribution in [2.45, 2.75) is 33.6 Å². The van der Waals surface area contributed by atoms with Crippen LogP contribution in [0.15, 0.2) is 47.6 Å². The number of nitrogens with one attached hydrogen (secondary N) is 1. The molecule has 0 heterocycles. The zero-order valence-corrected chi connectivity index (χ0v) is 14.7. The number of nitrogens with zero attached hydrogens (tertiary/aromatic N) is 1. The van der Waals surface area contributed by atoms with Crippen LogP contribution in [0.25, 0.3) is 0 Å². The normalized spacial score (nSPS) is 11.0. The maximum Gasteiger partial charge on any atom is 0.277 e. The molecule has 0 aromatic heterocycles. The smallest absolute Gasteiger partial charge is 0.277 e. The third kappa shape index (κ3) is 5.23. The molecule has 1 N–H and O–H groups in total. The van der Waals surface area contributed by atoms with Crippen molar-refractivity contribution in [2.75, 3.05) is 6.61 Å². The van der Waals surface area contributed by atoms with Crippen molar-refractivity contribution in [3.63, 3.8) is 0 Å². The van der Waals surface area contributed by atoms with Crippen LogP contribution in [0.1, 0.15) is 42.0 Å². The maximum atomic E-state index is 11.8. The molecule has 126 valence electrons. The van der Waals surface area contributed by atoms with E-state index in [2.05, 4.69) is 36.5 Å². The van der Waals surface area contributed by atoms with E-state index in [1.54, 1.807) is 6.21 Å². The SMILES string of the molecule is Cc1ccc(OCC(=O)N/N=C/c2ccc(C(C)C)cc2)c(C)c1. The van der Waals surface area contributed by atoms with E-state index in [1.165, 1.54) is 5.56 Å². The van der Waals surface area contributed by atoms with E-state index >= 15 is 0 Å². The molecule has 24 heavy (non-hydrogen) atoms. The predicted octanol–water partition coefficient (Wildman–Crippen LogP) is 3.96. The van der Waals surface area contributed by atoms with Crippen molar-refractivity contribution in [2.24, 2.45) is 5.10 Å². The molecule has 0 fully saturated rings. The van der Waals surface area contributed by atoms with Crippen LogP contribution >= 0.6 is 0 Å². The summed E-state index contributed by atoms with van der Waals surface area (Å²) in [5.41, 5.74) is 6.87. The molecule has 0 bridgehead atoms. The zero-order valence-electron chi connectivity index (χ0n) is 14.7. The minimum atomic E-state index is -0.287. The highest BCUT2D eigenvalue weighted by Crippen LogP contribution is 2.18. The van der Waals surface area contributed by atoms with Gasteiger partial charge < -0.3 is 4.74 Å². The average molecular weight is 324 g/mol. The van der Waals surface area contributed by atoms with Crippen LogP contribution in [-0.2, 0) is 4.79 Å². The summed E-state index contributed by atoms with van der Waals surface area (Å²) in [7, 11) is 0. The van der Waals surface area contributed by atoms with E-state index in [0.717, 1.165) is 16.7 Å². The standard InChI is InChI=1S/C20H24N2O2/c1-14(2)18-8-6-17(7-9-18)12-21-22-20(23)13-24-19-10-5-15(3)11-16(19)4/h5-12,14H,13H2,1-4H3,(H,22,23)/b21-12+. The summed E-state index contributed by atoms with van der Waals surface area (Å²) in [5, 5.41) is 3.96. The molecule has 0 saturated heterocycles. The Morgan fingerprint density at radius 3 is 2.50 bits per heavy atom. The van der Waals surface area contributed by atoms with E-state index in [9.17, 15) is 4.79 Å². The van der Waals surface area contributed by atoms with E-state index < -0.39 is 0 Å². The fraction of sp³-hybridized carbons (Fsp3) is 0.300. The Kier molecular flexibility index (Phi) is 6.13. The Labute approximate surface area is 143 Å². The van der Waals surface area contributed by atoms with E-state index in [0.29, 0.717) is 11.7 Å². The van der Waals surface area contributed by atoms with Crippen molar-refractivity contribution >= 4 is 12.1 Å². The van der Waals surface area contributed by atoms with Gasteiger partial charge in [0, 0.05) is 0 Å². The highest BCUT2D eigenvalue weighted by molar-refractivity contribution is 5.82. The van der Waals surface area contributed by atoms with Crippen LogP contribution in [0, 0.1) is 13.8 Å². The van der Waals surface area contributed by atoms with Crippen molar-refractivity contribution in [3.8, 4) is 5.75 Å². The molecule has 0 saturated carbocycles. The quantitative estimate of drug-likeness (QED) is 0.646. The zero-order chi connectivity index (χ0) is 17.5. The molecule has 2 aromatic carbocycles. The Hall–Kier alpha value is -2.62. The fourth-order valence-electron chi connectivity index (χ4n) is 2.28. The number of carbonyl (C=O) groups is 1. The van der Waals surface area contributed by atoms with Gasteiger partial charge in [-0.15, -0.1) is 0 Å². The number of aryl methyl sites for hydroxylation is 2. The number of amides is 1. The number of hydrazone groups is 1. The van der Waals surface area contributed by atoms with Gasteiger partial charge in [-0.1, -0.05) is 55.8 Å². The molecule has 0 radical (unpaired) electrons. The minimum Gasteiger partial charge on any atom is -0.483 e. The van der Waals surface area contributed by atoms with Crippen LogP contribution in [0.2, 0.25) is 0 Å². The molecule has 4 nitrogen and oxygen atoms in total. The van der Waals surface area contributed by atoms with Gasteiger partial charge in [0.2, 0.25) is 0 Å². The summed E-state index contributed by atoms with van der Waals surface area (Å²) in [6.07, 6.45) is 1.62. The van der Waals surface area contributed by atoms with Crippen molar-refractivity contribution in [1.29, 1.82) is 0 Å². The van der Waals surface area contributed by atoms with Crippen LogP contribution in [-0.4, -0.2) is 18.7 Å². The van der Waals surface area contributed by atoms with Gasteiger partial charge in [-0.3, -0.25) is 4.79 Å². The predicted molar refractivity (Wildman–Crippen MR) is 97.7 cm³/mol. The van der Waals surface area contributed by atoms with E-state index in [4.69, 9.17) is 4.74 Å². The number of hydrogen-bond donors (Lipinski definition) is 1. The van der Waals surface area contributed by atoms with Crippen molar-refractivity contribution < 1.29 is 9.53 Å². The molecule has 0 atom stereocenters. The van der Waals surface area contributed by atoms with Gasteiger partial charge in [-0.05, 0) is 42.5 Å². The highest BCUT2D eigenvalue weighted by atomic mass is 16.5. The lowest BCUT2D eigenvalue weighted by Gasteiger charge is -2.08. The molecular weight excluding hydrogens is 300 g/mol. The molecular formula is C20H24N2O2. The van der Waals surface area contributed by atoms with Crippen molar-refractivity contribution in [1.82, 2.24) is 5.43 Å². The summed E-state index contributed by atoms with van der Waals surface area (Å²) in [5.74, 6) is 0.923. The van der Waals surface area contributed by atoms with Crippen molar-refractivity contribution in [3.05, 3.63) is 64.7 Å². The monoisotopic (exact) mass is 324 g/mol. The number of rotatable bonds is 6. The second-order valence-electron chi connectivity index (χ2n) is 6.17. The lowest BCUT2D eigenvalue weighted by atomic mass is 10.0. The van der Waals surface area contributed by atoms with Gasteiger partial charge >= 0.3 is 0 Å². The minimum absolute atomic E-state index is 0.0620. The largest absolute Gasteiger partial charge is 0.483 e. The van der Waals surface area contributed by atoms with Crippen LogP contribution in [0.4, 0.5) is 0 Å². The molecule has 0 spiro atoms. The Bertz CT molecular complexity index is 719. The summed E-state index contributed by atoms with van der Waals surface area (Å²) in [6.45, 7) is 8.22. The maximum absolute atomic E-state index is 11.8. The first kappa shape index (κ1) is 17.7. The Morgan fingerprint density at radius 2 is 1.88 bits per heavy atom. The van der Waals surface area contributed by atoms with Gasteiger partial charge in [0.15, 0.2) is 6.61 Å². The number of benzene rings is 2. The van der Waals surface area contributed by atoms with Gasteiger partial charge in [0.05, 0.1) is 6.21 Å². The molecule has 0 aliphatic rings. The topological polar surface area (TPSA) is 50.7 Å². The number of carbonyl (C=O) groups excluding carboxylic acids is 1. The average Bonchev–Trinajstić information content (AvgIpc) is 2.54. The highest BCUT2D eigenvalue weighted by Gasteiger charge is 2.04. The lowest BCUT2D eigenvalue weighted by Crippen LogP contribution is -2.24. The second kappa shape index (κ2) is 8.29. The molecule has 0 unspecified atom stereocenters. The fourth-order valence-corrected chi connectivity index (χ4v) is 2.28. The van der Waals surface area contributed by atoms with Gasteiger partial charge in [-0.25, -0.2) is 5.43 Å². The number of hydrogen-bond acceptors (Lipinski definition) is 3. The first-order valence-corrected chi connectivity index (χ1v) is 8.07. The molecule has 1 amide bonds. The molecule has 2 rings (SSSR count). The van der Waals surface area contributed by atoms with Gasteiger partial charge in [0.1, 0.15) is 5.75 Å². The van der Waals surface area contributed by atoms with E-state index in [1.807, 2.05) is 44.2 Å². The van der Waals surface area contributed by atoms with Crippen LogP contribution < -0.4 is 10.2 Å². The van der Waals surface area contributed by atoms with Gasteiger partial charge in [0.25, 0.3) is 5.91 Å². The van der Waals surface area contributed by atoms with Gasteiger partial charge in [-0.2, -0.15) is 5.10 Å². The van der Waals surface area contributed by atoms with E-state index in [-0.39, 0.29) is 12.5 Å². The molecule has 0 aliphatic carbocycles. The number of ether oxygens (including phenoxy) is 1. The Morgan fingerprint density at radius 1 is 1.17 bits per heavy atom. The third-order valence-corrected chi connectivity index (χ3v) is 3.70. The summed E-state index contributed by atoms with van der Waals surface area (Å²) in [4.78, 5) is 11.8. The van der Waals surface area contributed by atoms with Crippen LogP contribution in [0.3, 0.4) is 0 Å². The first-order chi connectivity index (χ1) is 11.5.